The summed E-state index contributed by atoms with van der Waals surface area (Å²) in [6.45, 7) is 0.0897. The fourth-order valence-corrected chi connectivity index (χ4v) is 2.16. The fourth-order valence-electron chi connectivity index (χ4n) is 1.32. The molecule has 1 heterocycles. The topological polar surface area (TPSA) is 46.5 Å². The Labute approximate surface area is 111 Å². The number of carbonyl (C=O) groups is 1. The first kappa shape index (κ1) is 12.9. The van der Waals surface area contributed by atoms with E-state index in [2.05, 4.69) is 0 Å². The number of carboxylic acid groups (broad SMARTS) is 1. The lowest BCUT2D eigenvalue weighted by atomic mass is 10.2. The van der Waals surface area contributed by atoms with Crippen LogP contribution < -0.4 is 4.74 Å². The van der Waals surface area contributed by atoms with Gasteiger partial charge in [-0.05, 0) is 18.2 Å². The molecule has 2 aromatic rings. The van der Waals surface area contributed by atoms with Crippen LogP contribution in [0.4, 0.5) is 4.39 Å². The Morgan fingerprint density at radius 2 is 2.22 bits per heavy atom. The number of hydrogen-bond donors (Lipinski definition) is 1. The monoisotopic (exact) mass is 286 g/mol. The summed E-state index contributed by atoms with van der Waals surface area (Å²) in [7, 11) is 0. The van der Waals surface area contributed by atoms with Crippen molar-refractivity contribution < 1.29 is 19.0 Å². The molecule has 1 aromatic heterocycles. The molecule has 2 rings (SSSR count). The van der Waals surface area contributed by atoms with Crippen molar-refractivity contribution in [1.29, 1.82) is 0 Å². The molecule has 1 N–H and O–H groups in total. The van der Waals surface area contributed by atoms with E-state index in [4.69, 9.17) is 21.4 Å². The first-order valence-corrected chi connectivity index (χ1v) is 6.20. The van der Waals surface area contributed by atoms with Crippen molar-refractivity contribution >= 4 is 28.9 Å². The molecule has 1 aromatic carbocycles. The van der Waals surface area contributed by atoms with Crippen molar-refractivity contribution in [3.63, 3.8) is 0 Å². The van der Waals surface area contributed by atoms with Gasteiger partial charge >= 0.3 is 5.97 Å². The number of thiophene rings is 1. The second kappa shape index (κ2) is 5.37. The smallest absolute Gasteiger partial charge is 0.346 e. The van der Waals surface area contributed by atoms with Gasteiger partial charge in [0.25, 0.3) is 0 Å². The van der Waals surface area contributed by atoms with Gasteiger partial charge in [-0.25, -0.2) is 9.18 Å². The van der Waals surface area contributed by atoms with E-state index in [0.29, 0.717) is 16.3 Å². The van der Waals surface area contributed by atoms with Gasteiger partial charge in [0.05, 0.1) is 0 Å². The summed E-state index contributed by atoms with van der Waals surface area (Å²) < 4.78 is 18.3. The minimum atomic E-state index is -1.00. The Bertz CT molecular complexity index is 582. The van der Waals surface area contributed by atoms with Crippen molar-refractivity contribution in [2.24, 2.45) is 0 Å². The van der Waals surface area contributed by atoms with Gasteiger partial charge in [-0.1, -0.05) is 11.6 Å². The second-order valence-corrected chi connectivity index (χ2v) is 4.79. The zero-order valence-corrected chi connectivity index (χ0v) is 10.6. The summed E-state index contributed by atoms with van der Waals surface area (Å²) in [5.74, 6) is -0.967. The van der Waals surface area contributed by atoms with E-state index < -0.39 is 11.8 Å². The number of carboxylic acids is 1. The Morgan fingerprint density at radius 1 is 1.44 bits per heavy atom. The van der Waals surface area contributed by atoms with Gasteiger partial charge in [0.1, 0.15) is 23.1 Å². The van der Waals surface area contributed by atoms with Crippen molar-refractivity contribution in [2.45, 2.75) is 6.61 Å². The number of aromatic carboxylic acids is 1. The molecule has 0 saturated carbocycles. The second-order valence-electron chi connectivity index (χ2n) is 3.48. The molecule has 0 radical (unpaired) electrons. The lowest BCUT2D eigenvalue weighted by Crippen LogP contribution is -1.96. The molecule has 0 unspecified atom stereocenters. The van der Waals surface area contributed by atoms with Crippen LogP contribution in [-0.2, 0) is 6.61 Å². The van der Waals surface area contributed by atoms with Gasteiger partial charge < -0.3 is 9.84 Å². The Balaban J connectivity index is 2.06. The summed E-state index contributed by atoms with van der Waals surface area (Å²) in [4.78, 5) is 10.9. The summed E-state index contributed by atoms with van der Waals surface area (Å²) in [6, 6.07) is 5.41. The lowest BCUT2D eigenvalue weighted by Gasteiger charge is -2.05. The standard InChI is InChI=1S/C12H8ClFO3S/c13-10-2-1-8(14)3-7(10)5-17-9-4-11(12(15)16)18-6-9/h1-4,6H,5H2,(H,15,16). The summed E-state index contributed by atoms with van der Waals surface area (Å²) in [5.41, 5.74) is 0.514. The van der Waals surface area contributed by atoms with Crippen LogP contribution in [0.5, 0.6) is 5.75 Å². The maximum atomic E-state index is 13.0. The molecule has 0 atom stereocenters. The van der Waals surface area contributed by atoms with Crippen LogP contribution in [0, 0.1) is 5.82 Å². The van der Waals surface area contributed by atoms with Crippen LogP contribution in [0.25, 0.3) is 0 Å². The highest BCUT2D eigenvalue weighted by Gasteiger charge is 2.08. The quantitative estimate of drug-likeness (QED) is 0.929. The predicted octanol–water partition coefficient (Wildman–Crippen LogP) is 3.82. The van der Waals surface area contributed by atoms with Crippen molar-refractivity contribution in [3.05, 3.63) is 50.9 Å². The Kier molecular flexibility index (Phi) is 3.84. The van der Waals surface area contributed by atoms with E-state index in [0.717, 1.165) is 11.3 Å². The first-order chi connectivity index (χ1) is 8.56. The molecule has 0 aliphatic carbocycles. The molecule has 3 nitrogen and oxygen atoms in total. The highest BCUT2D eigenvalue weighted by molar-refractivity contribution is 7.12. The van der Waals surface area contributed by atoms with Crippen LogP contribution in [0.15, 0.2) is 29.6 Å². The third kappa shape index (κ3) is 3.00. The van der Waals surface area contributed by atoms with Gasteiger partial charge in [-0.15, -0.1) is 11.3 Å². The Hall–Kier alpha value is -1.59. The van der Waals surface area contributed by atoms with Gasteiger partial charge in [-0.3, -0.25) is 0 Å². The van der Waals surface area contributed by atoms with Gasteiger partial charge in [-0.2, -0.15) is 0 Å². The van der Waals surface area contributed by atoms with E-state index in [-0.39, 0.29) is 11.5 Å². The summed E-state index contributed by atoms with van der Waals surface area (Å²) in [5, 5.41) is 10.7. The predicted molar refractivity (Wildman–Crippen MR) is 67.0 cm³/mol. The number of benzene rings is 1. The third-order valence-corrected chi connectivity index (χ3v) is 3.45. The first-order valence-electron chi connectivity index (χ1n) is 4.95. The van der Waals surface area contributed by atoms with Crippen LogP contribution in [0.2, 0.25) is 5.02 Å². The minimum Gasteiger partial charge on any atom is -0.488 e. The molecule has 0 spiro atoms. The normalized spacial score (nSPS) is 10.3. The SMILES string of the molecule is O=C(O)c1cc(OCc2cc(F)ccc2Cl)cs1. The molecule has 6 heteroatoms. The molecule has 18 heavy (non-hydrogen) atoms. The molecule has 0 fully saturated rings. The average Bonchev–Trinajstić information content (AvgIpc) is 2.79. The largest absolute Gasteiger partial charge is 0.488 e. The third-order valence-electron chi connectivity index (χ3n) is 2.19. The summed E-state index contributed by atoms with van der Waals surface area (Å²) in [6.07, 6.45) is 0. The average molecular weight is 287 g/mol. The summed E-state index contributed by atoms with van der Waals surface area (Å²) >= 11 is 6.95. The maximum absolute atomic E-state index is 13.0. The number of halogens is 2. The van der Waals surface area contributed by atoms with Crippen LogP contribution >= 0.6 is 22.9 Å². The van der Waals surface area contributed by atoms with Gasteiger partial charge in [0.2, 0.25) is 0 Å². The highest BCUT2D eigenvalue weighted by Crippen LogP contribution is 2.24. The molecular weight excluding hydrogens is 279 g/mol. The molecule has 94 valence electrons. The van der Waals surface area contributed by atoms with E-state index in [1.165, 1.54) is 24.3 Å². The molecule has 0 saturated heterocycles. The molecular formula is C12H8ClFO3S. The van der Waals surface area contributed by atoms with Crippen LogP contribution in [-0.4, -0.2) is 11.1 Å². The van der Waals surface area contributed by atoms with Gasteiger partial charge in [0.15, 0.2) is 0 Å². The zero-order chi connectivity index (χ0) is 13.1. The lowest BCUT2D eigenvalue weighted by molar-refractivity contribution is 0.0702. The van der Waals surface area contributed by atoms with Crippen molar-refractivity contribution in [1.82, 2.24) is 0 Å². The molecule has 0 amide bonds. The fraction of sp³-hybridized carbons (Fsp3) is 0.0833. The highest BCUT2D eigenvalue weighted by atomic mass is 35.5. The van der Waals surface area contributed by atoms with E-state index in [1.54, 1.807) is 5.38 Å². The van der Waals surface area contributed by atoms with E-state index in [1.807, 2.05) is 0 Å². The van der Waals surface area contributed by atoms with Gasteiger partial charge in [0, 0.05) is 22.0 Å². The molecule has 0 aliphatic heterocycles. The minimum absolute atomic E-state index is 0.0897. The van der Waals surface area contributed by atoms with Crippen molar-refractivity contribution in [2.75, 3.05) is 0 Å². The maximum Gasteiger partial charge on any atom is 0.346 e. The molecule has 0 aliphatic rings. The van der Waals surface area contributed by atoms with Crippen LogP contribution in [0.3, 0.4) is 0 Å². The number of hydrogen-bond acceptors (Lipinski definition) is 3. The van der Waals surface area contributed by atoms with Crippen LogP contribution in [0.1, 0.15) is 15.2 Å². The number of rotatable bonds is 4. The van der Waals surface area contributed by atoms with Crippen molar-refractivity contribution in [3.8, 4) is 5.75 Å². The molecule has 0 bridgehead atoms. The van der Waals surface area contributed by atoms with E-state index in [9.17, 15) is 9.18 Å². The van der Waals surface area contributed by atoms with E-state index >= 15 is 0 Å². The number of ether oxygens (including phenoxy) is 1. The Morgan fingerprint density at radius 3 is 2.89 bits per heavy atom. The zero-order valence-electron chi connectivity index (χ0n) is 9.02.